The number of fused-ring (bicyclic) bond motifs is 1. The lowest BCUT2D eigenvalue weighted by molar-refractivity contribution is -0.138. The Kier molecular flexibility index (Phi) is 8.45. The average Bonchev–Trinajstić information content (AvgIpc) is 3.31. The molecule has 3 heterocycles. The van der Waals surface area contributed by atoms with Gasteiger partial charge in [-0.3, -0.25) is 9.59 Å². The molecule has 2 amide bonds. The van der Waals surface area contributed by atoms with E-state index in [2.05, 4.69) is 11.6 Å². The van der Waals surface area contributed by atoms with Gasteiger partial charge in [0.05, 0.1) is 38.0 Å². The lowest BCUT2D eigenvalue weighted by atomic mass is 9.93. The Balaban J connectivity index is 1.68. The Hall–Kier alpha value is -3.73. The summed E-state index contributed by atoms with van der Waals surface area (Å²) >= 11 is 1.41. The van der Waals surface area contributed by atoms with Crippen molar-refractivity contribution in [2.75, 3.05) is 47.0 Å². The van der Waals surface area contributed by atoms with Crippen LogP contribution in [0.15, 0.2) is 58.2 Å². The van der Waals surface area contributed by atoms with E-state index in [1.165, 1.54) is 24.8 Å². The molecule has 0 N–H and O–H groups in total. The number of methoxy groups -OCH3 is 2. The van der Waals surface area contributed by atoms with Crippen molar-refractivity contribution in [2.24, 2.45) is 4.99 Å². The number of piperazine rings is 1. The van der Waals surface area contributed by atoms with Gasteiger partial charge in [-0.15, -0.1) is 0 Å². The lowest BCUT2D eigenvalue weighted by Gasteiger charge is -2.38. The van der Waals surface area contributed by atoms with Crippen molar-refractivity contribution in [3.05, 3.63) is 58.8 Å². The second-order valence-electron chi connectivity index (χ2n) is 8.99. The minimum absolute atomic E-state index is 0.00996. The molecule has 0 aromatic heterocycles. The van der Waals surface area contributed by atoms with Gasteiger partial charge in [0.15, 0.2) is 5.17 Å². The molecule has 1 saturated heterocycles. The SMILES string of the molecule is C=CCOC(=O)C1=C(C)N=C2SC=C(CC(=O)N3CCN(C(C)=O)CC3)N2[C@@H]1c1cc(OC)cc(OC)c1. The molecular weight excluding hydrogens is 508 g/mol. The second-order valence-corrected chi connectivity index (χ2v) is 9.83. The summed E-state index contributed by atoms with van der Waals surface area (Å²) in [5.74, 6) is 0.578. The zero-order valence-corrected chi connectivity index (χ0v) is 22.9. The number of carbonyl (C=O) groups excluding carboxylic acids is 3. The minimum Gasteiger partial charge on any atom is -0.497 e. The molecule has 1 atom stereocenters. The Morgan fingerprint density at radius 3 is 2.29 bits per heavy atom. The van der Waals surface area contributed by atoms with Crippen LogP contribution >= 0.6 is 11.8 Å². The van der Waals surface area contributed by atoms with Crippen LogP contribution in [0.1, 0.15) is 31.9 Å². The molecule has 4 rings (SSSR count). The number of nitrogens with zero attached hydrogens (tertiary/aromatic N) is 4. The molecule has 11 heteroatoms. The largest absolute Gasteiger partial charge is 0.497 e. The van der Waals surface area contributed by atoms with Crippen molar-refractivity contribution in [1.29, 1.82) is 0 Å². The van der Waals surface area contributed by atoms with Gasteiger partial charge in [0, 0.05) is 44.9 Å². The predicted molar refractivity (Wildman–Crippen MR) is 145 cm³/mol. The van der Waals surface area contributed by atoms with Gasteiger partial charge in [0.2, 0.25) is 11.8 Å². The molecule has 1 fully saturated rings. The molecule has 0 spiro atoms. The highest BCUT2D eigenvalue weighted by molar-refractivity contribution is 8.16. The highest BCUT2D eigenvalue weighted by Crippen LogP contribution is 2.46. The number of ether oxygens (including phenoxy) is 3. The maximum Gasteiger partial charge on any atom is 0.338 e. The monoisotopic (exact) mass is 540 g/mol. The highest BCUT2D eigenvalue weighted by Gasteiger charge is 2.42. The highest BCUT2D eigenvalue weighted by atomic mass is 32.2. The Morgan fingerprint density at radius 2 is 1.71 bits per heavy atom. The molecule has 0 aliphatic carbocycles. The first-order valence-electron chi connectivity index (χ1n) is 12.3. The molecule has 202 valence electrons. The third-order valence-electron chi connectivity index (χ3n) is 6.65. The van der Waals surface area contributed by atoms with Crippen molar-refractivity contribution in [3.63, 3.8) is 0 Å². The number of rotatable bonds is 8. The molecule has 3 aliphatic heterocycles. The van der Waals surface area contributed by atoms with E-state index in [1.807, 2.05) is 22.4 Å². The van der Waals surface area contributed by atoms with Crippen LogP contribution in [0, 0.1) is 0 Å². The van der Waals surface area contributed by atoms with Crippen LogP contribution in [0.5, 0.6) is 11.5 Å². The Labute approximate surface area is 226 Å². The van der Waals surface area contributed by atoms with Crippen molar-refractivity contribution < 1.29 is 28.6 Å². The zero-order valence-electron chi connectivity index (χ0n) is 22.1. The van der Waals surface area contributed by atoms with E-state index in [-0.39, 0.29) is 24.8 Å². The van der Waals surface area contributed by atoms with E-state index in [0.29, 0.717) is 54.1 Å². The normalized spacial score (nSPS) is 18.9. The number of thioether (sulfide) groups is 1. The number of hydrogen-bond donors (Lipinski definition) is 0. The molecule has 1 aromatic rings. The fraction of sp³-hybridized carbons (Fsp3) is 0.407. The number of esters is 1. The van der Waals surface area contributed by atoms with Crippen LogP contribution in [0.2, 0.25) is 0 Å². The predicted octanol–water partition coefficient (Wildman–Crippen LogP) is 3.09. The summed E-state index contributed by atoms with van der Waals surface area (Å²) in [6.45, 7) is 8.99. The van der Waals surface area contributed by atoms with Crippen LogP contribution in [0.25, 0.3) is 0 Å². The average molecular weight is 541 g/mol. The maximum atomic E-state index is 13.3. The molecule has 10 nitrogen and oxygen atoms in total. The van der Waals surface area contributed by atoms with Gasteiger partial charge in [-0.1, -0.05) is 24.4 Å². The number of amides is 2. The molecule has 0 bridgehead atoms. The smallest absolute Gasteiger partial charge is 0.338 e. The zero-order chi connectivity index (χ0) is 27.4. The summed E-state index contributed by atoms with van der Waals surface area (Å²) in [6, 6.07) is 4.82. The van der Waals surface area contributed by atoms with E-state index in [1.54, 1.807) is 37.0 Å². The number of carbonyl (C=O) groups is 3. The molecule has 0 radical (unpaired) electrons. The van der Waals surface area contributed by atoms with Crippen LogP contribution in [-0.2, 0) is 19.1 Å². The Bertz CT molecular complexity index is 1210. The van der Waals surface area contributed by atoms with Crippen LogP contribution in [-0.4, -0.2) is 84.7 Å². The standard InChI is InChI=1S/C27H32N4O6S/c1-6-11-37-26(34)24-17(2)28-27-31(25(24)19-12-21(35-4)15-22(13-19)36-5)20(16-38-27)14-23(33)30-9-7-29(8-10-30)18(3)32/h6,12-13,15-16,25H,1,7-11,14H2,2-5H3/t25-/m1/s1. The van der Waals surface area contributed by atoms with Crippen LogP contribution < -0.4 is 9.47 Å². The molecular formula is C27H32N4O6S. The molecule has 38 heavy (non-hydrogen) atoms. The van der Waals surface area contributed by atoms with Gasteiger partial charge < -0.3 is 28.9 Å². The molecule has 0 unspecified atom stereocenters. The van der Waals surface area contributed by atoms with Gasteiger partial charge in [-0.05, 0) is 30.0 Å². The van der Waals surface area contributed by atoms with Crippen molar-refractivity contribution in [2.45, 2.75) is 26.3 Å². The summed E-state index contributed by atoms with van der Waals surface area (Å²) in [5, 5.41) is 2.57. The van der Waals surface area contributed by atoms with Crippen molar-refractivity contribution in [3.8, 4) is 11.5 Å². The van der Waals surface area contributed by atoms with E-state index >= 15 is 0 Å². The van der Waals surface area contributed by atoms with E-state index in [9.17, 15) is 14.4 Å². The summed E-state index contributed by atoms with van der Waals surface area (Å²) < 4.78 is 16.4. The summed E-state index contributed by atoms with van der Waals surface area (Å²) in [5.41, 5.74) is 2.35. The van der Waals surface area contributed by atoms with Gasteiger partial charge in [0.25, 0.3) is 0 Å². The van der Waals surface area contributed by atoms with Crippen molar-refractivity contribution in [1.82, 2.24) is 14.7 Å². The Morgan fingerprint density at radius 1 is 1.08 bits per heavy atom. The van der Waals surface area contributed by atoms with Gasteiger partial charge in [0.1, 0.15) is 18.1 Å². The van der Waals surface area contributed by atoms with E-state index < -0.39 is 12.0 Å². The van der Waals surface area contributed by atoms with Crippen LogP contribution in [0.3, 0.4) is 0 Å². The van der Waals surface area contributed by atoms with Crippen LogP contribution in [0.4, 0.5) is 0 Å². The number of benzene rings is 1. The first-order chi connectivity index (χ1) is 18.3. The van der Waals surface area contributed by atoms with Gasteiger partial charge in [-0.2, -0.15) is 0 Å². The van der Waals surface area contributed by atoms with E-state index in [4.69, 9.17) is 14.2 Å². The summed E-state index contributed by atoms with van der Waals surface area (Å²) in [7, 11) is 3.13. The first kappa shape index (κ1) is 27.3. The molecule has 0 saturated carbocycles. The van der Waals surface area contributed by atoms with Gasteiger partial charge >= 0.3 is 5.97 Å². The maximum absolute atomic E-state index is 13.3. The number of amidine groups is 1. The quantitative estimate of drug-likeness (QED) is 0.366. The van der Waals surface area contributed by atoms with E-state index in [0.717, 1.165) is 11.3 Å². The second kappa shape index (κ2) is 11.8. The topological polar surface area (TPSA) is 101 Å². The summed E-state index contributed by atoms with van der Waals surface area (Å²) in [4.78, 5) is 48.4. The number of hydrogen-bond acceptors (Lipinski definition) is 9. The first-order valence-corrected chi connectivity index (χ1v) is 13.1. The number of aliphatic imine (C=N–C) groups is 1. The third kappa shape index (κ3) is 5.57. The fourth-order valence-electron chi connectivity index (χ4n) is 4.68. The summed E-state index contributed by atoms with van der Waals surface area (Å²) in [6.07, 6.45) is 1.63. The van der Waals surface area contributed by atoms with Crippen molar-refractivity contribution >= 4 is 34.7 Å². The third-order valence-corrected chi connectivity index (χ3v) is 7.54. The minimum atomic E-state index is -0.618. The number of allylic oxidation sites excluding steroid dienone is 1. The lowest BCUT2D eigenvalue weighted by Crippen LogP contribution is -2.50. The molecule has 1 aromatic carbocycles. The fourth-order valence-corrected chi connectivity index (χ4v) is 5.65. The van der Waals surface area contributed by atoms with Gasteiger partial charge in [-0.25, -0.2) is 9.79 Å². The molecule has 3 aliphatic rings.